The third-order valence-corrected chi connectivity index (χ3v) is 4.89. The molecule has 3 aromatic rings. The fraction of sp³-hybridized carbons (Fsp3) is 0.333. The molecule has 6 nitrogen and oxygen atoms in total. The molecule has 30 heavy (non-hydrogen) atoms. The number of hydrogen-bond acceptors (Lipinski definition) is 4. The van der Waals surface area contributed by atoms with Crippen LogP contribution in [0, 0.1) is 13.8 Å². The molecule has 0 aliphatic rings. The predicted octanol–water partition coefficient (Wildman–Crippen LogP) is 5.92. The highest BCUT2D eigenvalue weighted by molar-refractivity contribution is 6.02. The van der Waals surface area contributed by atoms with Crippen molar-refractivity contribution in [2.45, 2.75) is 52.9 Å². The van der Waals surface area contributed by atoms with Crippen LogP contribution in [-0.2, 0) is 6.42 Å². The van der Waals surface area contributed by atoms with Crippen LogP contribution in [-0.4, -0.2) is 21.0 Å². The minimum absolute atomic E-state index is 0.357. The number of rotatable bonds is 8. The Labute approximate surface area is 178 Å². The van der Waals surface area contributed by atoms with Crippen molar-refractivity contribution in [3.8, 4) is 11.3 Å². The third-order valence-electron chi connectivity index (χ3n) is 4.89. The van der Waals surface area contributed by atoms with Gasteiger partial charge in [0, 0.05) is 11.8 Å². The monoisotopic (exact) mass is 403 g/mol. The lowest BCUT2D eigenvalue weighted by Crippen LogP contribution is -2.21. The fourth-order valence-electron chi connectivity index (χ4n) is 3.30. The van der Waals surface area contributed by atoms with Crippen molar-refractivity contribution in [1.29, 1.82) is 0 Å². The maximum absolute atomic E-state index is 12.6. The maximum Gasteiger partial charge on any atom is 0.324 e. The van der Waals surface area contributed by atoms with Gasteiger partial charge >= 0.3 is 6.03 Å². The third kappa shape index (κ3) is 5.86. The van der Waals surface area contributed by atoms with Gasteiger partial charge in [0.1, 0.15) is 0 Å². The van der Waals surface area contributed by atoms with Gasteiger partial charge in [-0.25, -0.2) is 9.78 Å². The summed E-state index contributed by atoms with van der Waals surface area (Å²) in [5, 5.41) is 5.71. The van der Waals surface area contributed by atoms with Gasteiger partial charge in [0.25, 0.3) is 0 Å². The lowest BCUT2D eigenvalue weighted by atomic mass is 9.96. The summed E-state index contributed by atoms with van der Waals surface area (Å²) in [5.74, 6) is 0.406. The molecule has 156 valence electrons. The molecule has 2 heterocycles. The molecule has 0 fully saturated rings. The summed E-state index contributed by atoms with van der Waals surface area (Å²) in [5.41, 5.74) is 5.65. The van der Waals surface area contributed by atoms with Crippen LogP contribution in [0.5, 0.6) is 0 Å². The van der Waals surface area contributed by atoms with E-state index in [1.807, 2.05) is 44.3 Å². The zero-order chi connectivity index (χ0) is 21.3. The number of anilines is 2. The van der Waals surface area contributed by atoms with E-state index in [-0.39, 0.29) is 6.03 Å². The first-order valence-corrected chi connectivity index (χ1v) is 10.5. The van der Waals surface area contributed by atoms with Gasteiger partial charge in [-0.3, -0.25) is 15.3 Å². The van der Waals surface area contributed by atoms with Crippen molar-refractivity contribution in [2.75, 3.05) is 10.6 Å². The Morgan fingerprint density at radius 2 is 1.77 bits per heavy atom. The number of aryl methyl sites for hydroxylation is 3. The maximum atomic E-state index is 12.6. The van der Waals surface area contributed by atoms with Gasteiger partial charge in [0.2, 0.25) is 0 Å². The predicted molar refractivity (Wildman–Crippen MR) is 122 cm³/mol. The molecule has 0 unspecified atom stereocenters. The van der Waals surface area contributed by atoms with Gasteiger partial charge in [-0.15, -0.1) is 0 Å². The van der Waals surface area contributed by atoms with Crippen LogP contribution in [0.15, 0.2) is 48.9 Å². The van der Waals surface area contributed by atoms with Crippen molar-refractivity contribution < 1.29 is 4.79 Å². The number of hydrogen-bond donors (Lipinski definition) is 2. The molecule has 0 atom stereocenters. The number of carbonyl (C=O) groups is 1. The molecule has 0 saturated carbocycles. The van der Waals surface area contributed by atoms with Crippen LogP contribution >= 0.6 is 0 Å². The van der Waals surface area contributed by atoms with Crippen LogP contribution in [0.2, 0.25) is 0 Å². The first-order chi connectivity index (χ1) is 14.6. The molecule has 0 aliphatic heterocycles. The summed E-state index contributed by atoms with van der Waals surface area (Å²) in [6, 6.07) is 9.71. The first-order valence-electron chi connectivity index (χ1n) is 10.5. The average molecular weight is 404 g/mol. The van der Waals surface area contributed by atoms with E-state index >= 15 is 0 Å². The van der Waals surface area contributed by atoms with Gasteiger partial charge in [0.15, 0.2) is 5.82 Å². The van der Waals surface area contributed by atoms with Crippen LogP contribution in [0.4, 0.5) is 16.3 Å². The Morgan fingerprint density at radius 3 is 2.47 bits per heavy atom. The fourth-order valence-corrected chi connectivity index (χ4v) is 3.30. The molecule has 0 bridgehead atoms. The van der Waals surface area contributed by atoms with Crippen molar-refractivity contribution in [3.63, 3.8) is 0 Å². The van der Waals surface area contributed by atoms with E-state index in [4.69, 9.17) is 0 Å². The number of pyridine rings is 1. The van der Waals surface area contributed by atoms with E-state index in [1.54, 1.807) is 12.4 Å². The van der Waals surface area contributed by atoms with Crippen LogP contribution in [0.3, 0.4) is 0 Å². The molecular weight excluding hydrogens is 374 g/mol. The number of aromatic nitrogens is 3. The zero-order valence-corrected chi connectivity index (χ0v) is 17.9. The molecule has 2 amide bonds. The van der Waals surface area contributed by atoms with E-state index < -0.39 is 0 Å². The standard InChI is InChI=1S/C24H29N5O/c1-4-5-6-7-9-19-10-8-11-21(23(19)20-13-12-17(2)14-26-20)28-24(30)29-22-16-25-18(3)15-27-22/h8,10-16H,4-7,9H2,1-3H3,(H2,27,28,29,30). The quantitative estimate of drug-likeness (QED) is 0.457. The number of amides is 2. The van der Waals surface area contributed by atoms with Gasteiger partial charge in [-0.1, -0.05) is 44.4 Å². The Morgan fingerprint density at radius 1 is 0.900 bits per heavy atom. The summed E-state index contributed by atoms with van der Waals surface area (Å²) in [6.07, 6.45) is 10.7. The van der Waals surface area contributed by atoms with Crippen molar-refractivity contribution >= 4 is 17.5 Å². The molecule has 0 radical (unpaired) electrons. The average Bonchev–Trinajstić information content (AvgIpc) is 2.74. The highest BCUT2D eigenvalue weighted by Crippen LogP contribution is 2.32. The number of unbranched alkanes of at least 4 members (excludes halogenated alkanes) is 3. The van der Waals surface area contributed by atoms with Gasteiger partial charge in [-0.05, 0) is 49.9 Å². The Hall–Kier alpha value is -3.28. The summed E-state index contributed by atoms with van der Waals surface area (Å²) in [4.78, 5) is 25.6. The highest BCUT2D eigenvalue weighted by atomic mass is 16.2. The van der Waals surface area contributed by atoms with Gasteiger partial charge < -0.3 is 5.32 Å². The lowest BCUT2D eigenvalue weighted by Gasteiger charge is -2.16. The molecular formula is C24H29N5O. The lowest BCUT2D eigenvalue weighted by molar-refractivity contribution is 0.262. The van der Waals surface area contributed by atoms with Crippen molar-refractivity contribution in [2.24, 2.45) is 0 Å². The number of nitrogens with zero attached hydrogens (tertiary/aromatic N) is 3. The molecule has 0 spiro atoms. The first kappa shape index (κ1) is 21.4. The SMILES string of the molecule is CCCCCCc1cccc(NC(=O)Nc2cnc(C)cn2)c1-c1ccc(C)cn1. The second-order valence-electron chi connectivity index (χ2n) is 7.49. The van der Waals surface area contributed by atoms with Gasteiger partial charge in [0.05, 0.1) is 29.5 Å². The summed E-state index contributed by atoms with van der Waals surface area (Å²) >= 11 is 0. The number of urea groups is 1. The normalized spacial score (nSPS) is 10.6. The number of nitrogens with one attached hydrogen (secondary N) is 2. The molecule has 1 aromatic carbocycles. The summed E-state index contributed by atoms with van der Waals surface area (Å²) < 4.78 is 0. The van der Waals surface area contributed by atoms with Crippen molar-refractivity contribution in [1.82, 2.24) is 15.0 Å². The van der Waals surface area contributed by atoms with E-state index in [0.29, 0.717) is 5.82 Å². The summed E-state index contributed by atoms with van der Waals surface area (Å²) in [7, 11) is 0. The highest BCUT2D eigenvalue weighted by Gasteiger charge is 2.14. The smallest absolute Gasteiger partial charge is 0.307 e. The molecule has 0 saturated heterocycles. The zero-order valence-electron chi connectivity index (χ0n) is 17.9. The topological polar surface area (TPSA) is 79.8 Å². The molecule has 3 rings (SSSR count). The summed E-state index contributed by atoms with van der Waals surface area (Å²) in [6.45, 7) is 6.08. The molecule has 6 heteroatoms. The largest absolute Gasteiger partial charge is 0.324 e. The van der Waals surface area contributed by atoms with E-state index in [2.05, 4.69) is 38.6 Å². The number of carbonyl (C=O) groups excluding carboxylic acids is 1. The van der Waals surface area contributed by atoms with Crippen molar-refractivity contribution in [3.05, 3.63) is 65.7 Å². The molecule has 2 aromatic heterocycles. The Balaban J connectivity index is 1.85. The number of benzene rings is 1. The second-order valence-corrected chi connectivity index (χ2v) is 7.49. The minimum Gasteiger partial charge on any atom is -0.307 e. The molecule has 0 aliphatic carbocycles. The van der Waals surface area contributed by atoms with Gasteiger partial charge in [-0.2, -0.15) is 0 Å². The van der Waals surface area contributed by atoms with Crippen LogP contribution in [0.1, 0.15) is 49.4 Å². The second kappa shape index (κ2) is 10.5. The van der Waals surface area contributed by atoms with Crippen LogP contribution in [0.25, 0.3) is 11.3 Å². The Bertz CT molecular complexity index is 968. The van der Waals surface area contributed by atoms with E-state index in [0.717, 1.165) is 41.0 Å². The Kier molecular flexibility index (Phi) is 7.49. The minimum atomic E-state index is -0.357. The van der Waals surface area contributed by atoms with E-state index in [1.165, 1.54) is 24.8 Å². The van der Waals surface area contributed by atoms with E-state index in [9.17, 15) is 4.79 Å². The van der Waals surface area contributed by atoms with Crippen LogP contribution < -0.4 is 10.6 Å². The molecule has 2 N–H and O–H groups in total.